The van der Waals surface area contributed by atoms with Gasteiger partial charge >= 0.3 is 0 Å². The van der Waals surface area contributed by atoms with Crippen LogP contribution in [0, 0.1) is 13.8 Å². The molecule has 2 rings (SSSR count). The summed E-state index contributed by atoms with van der Waals surface area (Å²) < 4.78 is 27.3. The van der Waals surface area contributed by atoms with Crippen LogP contribution in [0.3, 0.4) is 0 Å². The number of hydrogen-bond donors (Lipinski definition) is 2. The molecule has 9 heteroatoms. The third kappa shape index (κ3) is 5.42. The minimum Gasteiger partial charge on any atom is -0.344 e. The lowest BCUT2D eigenvalue weighted by Gasteiger charge is -2.17. The first kappa shape index (κ1) is 21.4. The van der Waals surface area contributed by atoms with Crippen LogP contribution in [-0.2, 0) is 19.6 Å². The van der Waals surface area contributed by atoms with Gasteiger partial charge in [0.1, 0.15) is 6.04 Å². The van der Waals surface area contributed by atoms with Gasteiger partial charge in [0, 0.05) is 26.6 Å². The molecule has 1 aromatic carbocycles. The zero-order valence-electron chi connectivity index (χ0n) is 14.5. The average molecular weight is 390 g/mol. The highest BCUT2D eigenvalue weighted by Crippen LogP contribution is 2.16. The van der Waals surface area contributed by atoms with Crippen LogP contribution >= 0.6 is 12.4 Å². The quantitative estimate of drug-likeness (QED) is 0.750. The maximum Gasteiger partial charge on any atom is 0.245 e. The number of benzene rings is 1. The van der Waals surface area contributed by atoms with E-state index < -0.39 is 16.1 Å². The number of carbonyl (C=O) groups excluding carboxylic acids is 2. The molecule has 0 spiro atoms. The Bertz CT molecular complexity index is 752. The summed E-state index contributed by atoms with van der Waals surface area (Å²) >= 11 is 0. The van der Waals surface area contributed by atoms with Crippen LogP contribution < -0.4 is 10.0 Å². The number of likely N-dealkylation sites (tertiary alicyclic amines) is 1. The minimum absolute atomic E-state index is 0. The zero-order valence-corrected chi connectivity index (χ0v) is 16.2. The highest BCUT2D eigenvalue weighted by Gasteiger charge is 2.31. The van der Waals surface area contributed by atoms with Crippen LogP contribution in [0.1, 0.15) is 24.5 Å². The predicted molar refractivity (Wildman–Crippen MR) is 97.2 cm³/mol. The molecule has 2 amide bonds. The van der Waals surface area contributed by atoms with Gasteiger partial charge in [-0.15, -0.1) is 12.4 Å². The minimum atomic E-state index is -3.61. The molecule has 0 radical (unpaired) electrons. The summed E-state index contributed by atoms with van der Waals surface area (Å²) in [6, 6.07) is 4.76. The standard InChI is InChI=1S/C16H23N3O4S.ClH/c1-11-4-5-12(2)15(10-11)24(22,23)17-7-9-19-8-6-14(16(19)21)18-13(3)20;/h4-5,10,14,17H,6-9H2,1-3H3,(H,18,20);1H. The van der Waals surface area contributed by atoms with Gasteiger partial charge in [-0.2, -0.15) is 0 Å². The van der Waals surface area contributed by atoms with Crippen molar-refractivity contribution in [2.75, 3.05) is 19.6 Å². The highest BCUT2D eigenvalue weighted by atomic mass is 35.5. The Labute approximate surface area is 154 Å². The van der Waals surface area contributed by atoms with Gasteiger partial charge in [-0.1, -0.05) is 12.1 Å². The summed E-state index contributed by atoms with van der Waals surface area (Å²) in [6.07, 6.45) is 0.544. The molecule has 1 atom stereocenters. The number of rotatable bonds is 6. The van der Waals surface area contributed by atoms with Crippen LogP contribution in [0.4, 0.5) is 0 Å². The van der Waals surface area contributed by atoms with Crippen molar-refractivity contribution in [2.24, 2.45) is 0 Å². The number of amides is 2. The van der Waals surface area contributed by atoms with Crippen LogP contribution in [-0.4, -0.2) is 50.8 Å². The van der Waals surface area contributed by atoms with Crippen molar-refractivity contribution in [2.45, 2.75) is 38.1 Å². The second kappa shape index (κ2) is 8.64. The van der Waals surface area contributed by atoms with Crippen LogP contribution in [0.15, 0.2) is 23.1 Å². The summed E-state index contributed by atoms with van der Waals surface area (Å²) in [5.74, 6) is -0.415. The van der Waals surface area contributed by atoms with E-state index in [1.54, 1.807) is 24.0 Å². The van der Waals surface area contributed by atoms with Gasteiger partial charge in [0.15, 0.2) is 0 Å². The molecule has 0 aromatic heterocycles. The maximum atomic E-state index is 12.4. The first-order chi connectivity index (χ1) is 11.2. The van der Waals surface area contributed by atoms with E-state index in [9.17, 15) is 18.0 Å². The normalized spacial score (nSPS) is 17.3. The third-order valence-corrected chi connectivity index (χ3v) is 5.58. The third-order valence-electron chi connectivity index (χ3n) is 3.98. The largest absolute Gasteiger partial charge is 0.344 e. The number of aryl methyl sites for hydroxylation is 2. The Morgan fingerprint density at radius 2 is 2.00 bits per heavy atom. The van der Waals surface area contributed by atoms with E-state index in [-0.39, 0.29) is 42.2 Å². The number of halogens is 1. The molecule has 1 fully saturated rings. The first-order valence-electron chi connectivity index (χ1n) is 7.83. The summed E-state index contributed by atoms with van der Waals surface area (Å²) in [6.45, 7) is 5.87. The van der Waals surface area contributed by atoms with Crippen LogP contribution in [0.2, 0.25) is 0 Å². The fourth-order valence-corrected chi connectivity index (χ4v) is 4.08. The van der Waals surface area contributed by atoms with Crippen molar-refractivity contribution in [1.82, 2.24) is 14.9 Å². The topological polar surface area (TPSA) is 95.6 Å². The van der Waals surface area contributed by atoms with Gasteiger partial charge in [0.25, 0.3) is 0 Å². The van der Waals surface area contributed by atoms with E-state index in [2.05, 4.69) is 10.0 Å². The number of sulfonamides is 1. The van der Waals surface area contributed by atoms with Crippen molar-refractivity contribution in [3.8, 4) is 0 Å². The Morgan fingerprint density at radius 1 is 1.32 bits per heavy atom. The number of carbonyl (C=O) groups is 2. The first-order valence-corrected chi connectivity index (χ1v) is 9.32. The lowest BCUT2D eigenvalue weighted by molar-refractivity contribution is -0.132. The van der Waals surface area contributed by atoms with Gasteiger partial charge in [-0.25, -0.2) is 13.1 Å². The van der Waals surface area contributed by atoms with Crippen molar-refractivity contribution in [3.63, 3.8) is 0 Å². The van der Waals surface area contributed by atoms with E-state index >= 15 is 0 Å². The second-order valence-electron chi connectivity index (χ2n) is 6.03. The van der Waals surface area contributed by atoms with Gasteiger partial charge in [0.05, 0.1) is 4.90 Å². The molecular weight excluding hydrogens is 366 g/mol. The molecule has 0 bridgehead atoms. The summed E-state index contributed by atoms with van der Waals surface area (Å²) in [5, 5.41) is 2.60. The maximum absolute atomic E-state index is 12.4. The second-order valence-corrected chi connectivity index (χ2v) is 7.77. The van der Waals surface area contributed by atoms with Crippen LogP contribution in [0.5, 0.6) is 0 Å². The molecule has 1 aliphatic heterocycles. The summed E-state index contributed by atoms with van der Waals surface area (Å²) in [7, 11) is -3.61. The van der Waals surface area contributed by atoms with E-state index in [1.165, 1.54) is 6.92 Å². The van der Waals surface area contributed by atoms with Crippen molar-refractivity contribution in [3.05, 3.63) is 29.3 Å². The summed E-state index contributed by atoms with van der Waals surface area (Å²) in [4.78, 5) is 25.0. The number of nitrogens with one attached hydrogen (secondary N) is 2. The molecule has 0 saturated carbocycles. The SMILES string of the molecule is CC(=O)NC1CCN(CCNS(=O)(=O)c2cc(C)ccc2C)C1=O.Cl. The predicted octanol–water partition coefficient (Wildman–Crippen LogP) is 0.741. The van der Waals surface area contributed by atoms with Gasteiger partial charge < -0.3 is 10.2 Å². The van der Waals surface area contributed by atoms with Gasteiger partial charge in [0.2, 0.25) is 21.8 Å². The molecule has 1 heterocycles. The molecule has 25 heavy (non-hydrogen) atoms. The highest BCUT2D eigenvalue weighted by molar-refractivity contribution is 7.89. The number of hydrogen-bond acceptors (Lipinski definition) is 4. The van der Waals surface area contributed by atoms with Crippen molar-refractivity contribution >= 4 is 34.2 Å². The lowest BCUT2D eigenvalue weighted by atomic mass is 10.2. The molecule has 140 valence electrons. The molecular formula is C16H24ClN3O4S. The monoisotopic (exact) mass is 389 g/mol. The van der Waals surface area contributed by atoms with Crippen molar-refractivity contribution < 1.29 is 18.0 Å². The Kier molecular flexibility index (Phi) is 7.40. The van der Waals surface area contributed by atoms with Gasteiger partial charge in [-0.3, -0.25) is 9.59 Å². The lowest BCUT2D eigenvalue weighted by Crippen LogP contribution is -2.42. The summed E-state index contributed by atoms with van der Waals surface area (Å²) in [5.41, 5.74) is 1.55. The Morgan fingerprint density at radius 3 is 2.64 bits per heavy atom. The van der Waals surface area contributed by atoms with Gasteiger partial charge in [-0.05, 0) is 37.5 Å². The Balaban J connectivity index is 0.00000312. The average Bonchev–Trinajstić information content (AvgIpc) is 2.82. The van der Waals surface area contributed by atoms with E-state index in [1.807, 2.05) is 13.0 Å². The molecule has 1 aliphatic rings. The molecule has 1 unspecified atom stereocenters. The molecule has 1 aromatic rings. The van der Waals surface area contributed by atoms with E-state index in [0.717, 1.165) is 5.56 Å². The fourth-order valence-electron chi connectivity index (χ4n) is 2.73. The molecule has 7 nitrogen and oxygen atoms in total. The van der Waals surface area contributed by atoms with Crippen molar-refractivity contribution in [1.29, 1.82) is 0 Å². The van der Waals surface area contributed by atoms with E-state index in [4.69, 9.17) is 0 Å². The van der Waals surface area contributed by atoms with Crippen LogP contribution in [0.25, 0.3) is 0 Å². The molecule has 0 aliphatic carbocycles. The number of nitrogens with zero attached hydrogens (tertiary/aromatic N) is 1. The molecule has 2 N–H and O–H groups in total. The Hall–Kier alpha value is -1.64. The fraction of sp³-hybridized carbons (Fsp3) is 0.500. The zero-order chi connectivity index (χ0) is 17.9. The smallest absolute Gasteiger partial charge is 0.245 e. The molecule has 1 saturated heterocycles. The van der Waals surface area contributed by atoms with E-state index in [0.29, 0.717) is 18.5 Å².